The molecule has 3 fully saturated rings. The first kappa shape index (κ1) is 11.6. The van der Waals surface area contributed by atoms with Gasteiger partial charge in [0.05, 0.1) is 10.0 Å². The van der Waals surface area contributed by atoms with Crippen LogP contribution < -0.4 is 5.32 Å². The lowest BCUT2D eigenvalue weighted by Gasteiger charge is -2.11. The van der Waals surface area contributed by atoms with E-state index in [-0.39, 0.29) is 0 Å². The van der Waals surface area contributed by atoms with Gasteiger partial charge in [0.15, 0.2) is 0 Å². The highest BCUT2D eigenvalue weighted by Gasteiger charge is 2.64. The monoisotopic (exact) mass is 281 g/mol. The van der Waals surface area contributed by atoms with Gasteiger partial charge in [-0.05, 0) is 54.6 Å². The SMILES string of the molecule is Clc1cccc(CNC2C3C4CCC(C4)C23)c1Cl. The van der Waals surface area contributed by atoms with Crippen LogP contribution in [0.2, 0.25) is 10.0 Å². The van der Waals surface area contributed by atoms with E-state index in [1.54, 1.807) is 0 Å². The standard InChI is InChI=1S/C15H17Cl2N/c16-11-3-1-2-10(14(11)17)7-18-15-12-8-4-5-9(6-8)13(12)15/h1-3,8-9,12-13,15,18H,4-7H2. The number of hydrogen-bond donors (Lipinski definition) is 1. The van der Waals surface area contributed by atoms with Crippen LogP contribution in [0, 0.1) is 23.7 Å². The van der Waals surface area contributed by atoms with Gasteiger partial charge >= 0.3 is 0 Å². The number of rotatable bonds is 3. The summed E-state index contributed by atoms with van der Waals surface area (Å²) in [6, 6.07) is 6.64. The van der Waals surface area contributed by atoms with E-state index in [9.17, 15) is 0 Å². The molecular formula is C15H17Cl2N. The predicted molar refractivity (Wildman–Crippen MR) is 74.9 cm³/mol. The molecule has 0 radical (unpaired) electrons. The molecule has 1 N–H and O–H groups in total. The Morgan fingerprint density at radius 2 is 1.83 bits per heavy atom. The third-order valence-electron chi connectivity index (χ3n) is 5.30. The van der Waals surface area contributed by atoms with E-state index in [1.807, 2.05) is 12.1 Å². The fourth-order valence-corrected chi connectivity index (χ4v) is 4.90. The lowest BCUT2D eigenvalue weighted by atomic mass is 10.0. The van der Waals surface area contributed by atoms with Gasteiger partial charge in [0, 0.05) is 12.6 Å². The molecule has 0 heterocycles. The van der Waals surface area contributed by atoms with Crippen LogP contribution >= 0.6 is 23.2 Å². The highest BCUT2D eigenvalue weighted by molar-refractivity contribution is 6.42. The Bertz CT molecular complexity index is 471. The molecular weight excluding hydrogens is 265 g/mol. The molecule has 0 spiro atoms. The molecule has 4 atom stereocenters. The van der Waals surface area contributed by atoms with Crippen molar-refractivity contribution in [2.24, 2.45) is 23.7 Å². The quantitative estimate of drug-likeness (QED) is 0.879. The summed E-state index contributed by atoms with van der Waals surface area (Å²) >= 11 is 12.3. The van der Waals surface area contributed by atoms with Gasteiger partial charge in [-0.25, -0.2) is 0 Å². The third-order valence-corrected chi connectivity index (χ3v) is 6.15. The van der Waals surface area contributed by atoms with Crippen LogP contribution in [0.15, 0.2) is 18.2 Å². The van der Waals surface area contributed by atoms with Gasteiger partial charge in [-0.15, -0.1) is 0 Å². The zero-order valence-corrected chi connectivity index (χ0v) is 11.7. The van der Waals surface area contributed by atoms with Crippen molar-refractivity contribution in [3.8, 4) is 0 Å². The minimum absolute atomic E-state index is 0.659. The van der Waals surface area contributed by atoms with Gasteiger partial charge in [-0.2, -0.15) is 0 Å². The summed E-state index contributed by atoms with van der Waals surface area (Å²) in [7, 11) is 0. The van der Waals surface area contributed by atoms with Crippen molar-refractivity contribution < 1.29 is 0 Å². The molecule has 4 unspecified atom stereocenters. The lowest BCUT2D eigenvalue weighted by molar-refractivity contribution is 0.456. The molecule has 0 saturated heterocycles. The fraction of sp³-hybridized carbons (Fsp3) is 0.600. The van der Waals surface area contributed by atoms with Crippen LogP contribution in [0.1, 0.15) is 24.8 Å². The molecule has 0 amide bonds. The molecule has 4 rings (SSSR count). The number of nitrogens with one attached hydrogen (secondary N) is 1. The normalized spacial score (nSPS) is 40.0. The van der Waals surface area contributed by atoms with Gasteiger partial charge < -0.3 is 5.32 Å². The molecule has 3 heteroatoms. The van der Waals surface area contributed by atoms with Crippen molar-refractivity contribution in [1.29, 1.82) is 0 Å². The van der Waals surface area contributed by atoms with Crippen molar-refractivity contribution in [2.75, 3.05) is 0 Å². The molecule has 0 aromatic heterocycles. The molecule has 3 aliphatic rings. The van der Waals surface area contributed by atoms with E-state index in [1.165, 1.54) is 19.3 Å². The second kappa shape index (κ2) is 4.13. The van der Waals surface area contributed by atoms with E-state index in [4.69, 9.17) is 23.2 Å². The average Bonchev–Trinajstić information content (AvgIpc) is 2.77. The van der Waals surface area contributed by atoms with E-state index in [2.05, 4.69) is 11.4 Å². The largest absolute Gasteiger partial charge is 0.309 e. The molecule has 0 aliphatic heterocycles. The fourth-order valence-electron chi connectivity index (χ4n) is 4.51. The Labute approximate surface area is 118 Å². The minimum atomic E-state index is 0.659. The number of hydrogen-bond acceptors (Lipinski definition) is 1. The lowest BCUT2D eigenvalue weighted by Crippen LogP contribution is -2.22. The average molecular weight is 282 g/mol. The molecule has 1 aromatic rings. The summed E-state index contributed by atoms with van der Waals surface area (Å²) in [5.74, 6) is 3.99. The summed E-state index contributed by atoms with van der Waals surface area (Å²) in [6.45, 7) is 0.858. The number of benzene rings is 1. The van der Waals surface area contributed by atoms with Crippen molar-refractivity contribution >= 4 is 23.2 Å². The Hall–Kier alpha value is -0.240. The maximum absolute atomic E-state index is 6.22. The van der Waals surface area contributed by atoms with Crippen LogP contribution in [0.4, 0.5) is 0 Å². The molecule has 3 aliphatic carbocycles. The van der Waals surface area contributed by atoms with E-state index in [0.717, 1.165) is 41.8 Å². The first-order chi connectivity index (χ1) is 8.75. The Kier molecular flexibility index (Phi) is 2.65. The molecule has 1 nitrogen and oxygen atoms in total. The number of halogens is 2. The van der Waals surface area contributed by atoms with Gasteiger partial charge in [-0.1, -0.05) is 35.3 Å². The van der Waals surface area contributed by atoms with Crippen LogP contribution in [0.25, 0.3) is 0 Å². The highest BCUT2D eigenvalue weighted by atomic mass is 35.5. The van der Waals surface area contributed by atoms with Gasteiger partial charge in [0.25, 0.3) is 0 Å². The van der Waals surface area contributed by atoms with Crippen LogP contribution in [0.3, 0.4) is 0 Å². The molecule has 1 aromatic carbocycles. The van der Waals surface area contributed by atoms with Gasteiger partial charge in [0.2, 0.25) is 0 Å². The van der Waals surface area contributed by atoms with E-state index >= 15 is 0 Å². The van der Waals surface area contributed by atoms with Crippen LogP contribution in [-0.4, -0.2) is 6.04 Å². The van der Waals surface area contributed by atoms with Crippen LogP contribution in [0.5, 0.6) is 0 Å². The maximum atomic E-state index is 6.22. The minimum Gasteiger partial charge on any atom is -0.309 e. The van der Waals surface area contributed by atoms with Crippen molar-refractivity contribution in [3.05, 3.63) is 33.8 Å². The van der Waals surface area contributed by atoms with Gasteiger partial charge in [0.1, 0.15) is 0 Å². The first-order valence-corrected chi connectivity index (χ1v) is 7.67. The zero-order chi connectivity index (χ0) is 12.3. The summed E-state index contributed by atoms with van der Waals surface area (Å²) < 4.78 is 0. The summed E-state index contributed by atoms with van der Waals surface area (Å²) in [5.41, 5.74) is 1.13. The smallest absolute Gasteiger partial charge is 0.0637 e. The second-order valence-electron chi connectivity index (χ2n) is 6.11. The number of fused-ring (bicyclic) bond motifs is 5. The van der Waals surface area contributed by atoms with E-state index < -0.39 is 0 Å². The Balaban J connectivity index is 1.42. The highest BCUT2D eigenvalue weighted by Crippen LogP contribution is 2.65. The molecule has 3 saturated carbocycles. The Morgan fingerprint density at radius 3 is 2.56 bits per heavy atom. The zero-order valence-electron chi connectivity index (χ0n) is 10.2. The van der Waals surface area contributed by atoms with Crippen LogP contribution in [-0.2, 0) is 6.54 Å². The summed E-state index contributed by atoms with van der Waals surface area (Å²) in [4.78, 5) is 0. The van der Waals surface area contributed by atoms with Gasteiger partial charge in [-0.3, -0.25) is 0 Å². The van der Waals surface area contributed by atoms with Crippen molar-refractivity contribution in [1.82, 2.24) is 5.32 Å². The molecule has 96 valence electrons. The maximum Gasteiger partial charge on any atom is 0.0637 e. The topological polar surface area (TPSA) is 12.0 Å². The first-order valence-electron chi connectivity index (χ1n) is 6.92. The summed E-state index contributed by atoms with van der Waals surface area (Å²) in [5, 5.41) is 5.07. The third kappa shape index (κ3) is 1.64. The summed E-state index contributed by atoms with van der Waals surface area (Å²) in [6.07, 6.45) is 4.45. The molecule has 2 bridgehead atoms. The van der Waals surface area contributed by atoms with Crippen molar-refractivity contribution in [3.63, 3.8) is 0 Å². The second-order valence-corrected chi connectivity index (χ2v) is 6.89. The predicted octanol–water partition coefficient (Wildman–Crippen LogP) is 4.13. The van der Waals surface area contributed by atoms with Crippen molar-refractivity contribution in [2.45, 2.75) is 31.8 Å². The Morgan fingerprint density at radius 1 is 1.11 bits per heavy atom. The molecule has 18 heavy (non-hydrogen) atoms. The van der Waals surface area contributed by atoms with E-state index in [0.29, 0.717) is 10.0 Å².